The molecule has 0 aliphatic carbocycles. The SMILES string of the molecule is CC(=O)OC1S[C@H](COC(=O)c2ccc(C)cc2)[C@@H](OC(=O)c2ccc(C)cc2)[C@H]1OCc1ccccc1. The van der Waals surface area contributed by atoms with Crippen molar-refractivity contribution in [1.82, 2.24) is 0 Å². The highest BCUT2D eigenvalue weighted by Gasteiger charge is 2.50. The van der Waals surface area contributed by atoms with Crippen LogP contribution in [0.4, 0.5) is 0 Å². The molecule has 1 saturated heterocycles. The topological polar surface area (TPSA) is 88.1 Å². The zero-order chi connectivity index (χ0) is 27.1. The Hall–Kier alpha value is -3.62. The summed E-state index contributed by atoms with van der Waals surface area (Å²) < 4.78 is 23.3. The molecule has 198 valence electrons. The summed E-state index contributed by atoms with van der Waals surface area (Å²) in [5, 5.41) is -0.524. The minimum Gasteiger partial charge on any atom is -0.461 e. The summed E-state index contributed by atoms with van der Waals surface area (Å²) in [7, 11) is 0. The van der Waals surface area contributed by atoms with E-state index in [1.165, 1.54) is 18.7 Å². The molecule has 1 unspecified atom stereocenters. The number of hydrogen-bond donors (Lipinski definition) is 0. The molecule has 0 saturated carbocycles. The number of esters is 3. The van der Waals surface area contributed by atoms with E-state index in [0.29, 0.717) is 11.1 Å². The summed E-state index contributed by atoms with van der Waals surface area (Å²) in [5.74, 6) is -1.52. The summed E-state index contributed by atoms with van der Waals surface area (Å²) >= 11 is 1.25. The van der Waals surface area contributed by atoms with Crippen molar-refractivity contribution in [2.45, 2.75) is 50.3 Å². The number of rotatable bonds is 9. The normalized spacial score (nSPS) is 20.5. The van der Waals surface area contributed by atoms with E-state index in [9.17, 15) is 14.4 Å². The van der Waals surface area contributed by atoms with Crippen LogP contribution in [0.1, 0.15) is 44.3 Å². The number of carbonyl (C=O) groups is 3. The number of aryl methyl sites for hydroxylation is 2. The monoisotopic (exact) mass is 534 g/mol. The first-order valence-electron chi connectivity index (χ1n) is 12.3. The first-order valence-corrected chi connectivity index (χ1v) is 13.2. The number of hydrogen-bond acceptors (Lipinski definition) is 8. The van der Waals surface area contributed by atoms with Crippen LogP contribution in [0.5, 0.6) is 0 Å². The molecular weight excluding hydrogens is 504 g/mol. The van der Waals surface area contributed by atoms with Gasteiger partial charge in [0, 0.05) is 6.92 Å². The van der Waals surface area contributed by atoms with Gasteiger partial charge in [0.15, 0.2) is 5.44 Å². The highest BCUT2D eigenvalue weighted by molar-refractivity contribution is 8.00. The van der Waals surface area contributed by atoms with Crippen LogP contribution in [-0.2, 0) is 30.3 Å². The van der Waals surface area contributed by atoms with Gasteiger partial charge >= 0.3 is 17.9 Å². The number of thioether (sulfide) groups is 1. The smallest absolute Gasteiger partial charge is 0.338 e. The molecule has 0 amide bonds. The third kappa shape index (κ3) is 7.24. The molecule has 4 atom stereocenters. The molecule has 1 aliphatic rings. The van der Waals surface area contributed by atoms with Gasteiger partial charge in [0.2, 0.25) is 0 Å². The average Bonchev–Trinajstić information content (AvgIpc) is 3.22. The lowest BCUT2D eigenvalue weighted by Crippen LogP contribution is -2.41. The van der Waals surface area contributed by atoms with Crippen LogP contribution >= 0.6 is 11.8 Å². The molecule has 0 aromatic heterocycles. The summed E-state index contributed by atoms with van der Waals surface area (Å²) in [6.07, 6.45) is -1.62. The van der Waals surface area contributed by atoms with Gasteiger partial charge in [0.1, 0.15) is 18.8 Å². The van der Waals surface area contributed by atoms with Crippen molar-refractivity contribution in [1.29, 1.82) is 0 Å². The molecule has 1 heterocycles. The molecule has 0 spiro atoms. The Bertz CT molecular complexity index is 1240. The van der Waals surface area contributed by atoms with Gasteiger partial charge in [-0.2, -0.15) is 0 Å². The molecule has 1 fully saturated rings. The second kappa shape index (κ2) is 12.8. The second-order valence-electron chi connectivity index (χ2n) is 9.11. The number of carbonyl (C=O) groups excluding carboxylic acids is 3. The van der Waals surface area contributed by atoms with Crippen molar-refractivity contribution < 1.29 is 33.3 Å². The lowest BCUT2D eigenvalue weighted by Gasteiger charge is -2.25. The molecule has 1 aliphatic heterocycles. The Morgan fingerprint density at radius 1 is 0.737 bits per heavy atom. The zero-order valence-electron chi connectivity index (χ0n) is 21.5. The maximum Gasteiger partial charge on any atom is 0.338 e. The molecule has 4 rings (SSSR count). The van der Waals surface area contributed by atoms with Gasteiger partial charge in [-0.1, -0.05) is 65.7 Å². The quantitative estimate of drug-likeness (QED) is 0.271. The average molecular weight is 535 g/mol. The largest absolute Gasteiger partial charge is 0.461 e. The summed E-state index contributed by atoms with van der Waals surface area (Å²) in [6.45, 7) is 5.33. The van der Waals surface area contributed by atoms with Gasteiger partial charge in [-0.05, 0) is 43.7 Å². The second-order valence-corrected chi connectivity index (χ2v) is 10.5. The fourth-order valence-corrected chi connectivity index (χ4v) is 5.42. The van der Waals surface area contributed by atoms with Crippen molar-refractivity contribution in [2.24, 2.45) is 0 Å². The van der Waals surface area contributed by atoms with Crippen molar-refractivity contribution in [3.63, 3.8) is 0 Å². The predicted octanol–water partition coefficient (Wildman–Crippen LogP) is 5.28. The van der Waals surface area contributed by atoms with Gasteiger partial charge < -0.3 is 18.9 Å². The van der Waals surface area contributed by atoms with Gasteiger partial charge in [0.05, 0.1) is 23.0 Å². The Balaban J connectivity index is 1.55. The minimum absolute atomic E-state index is 0.0633. The van der Waals surface area contributed by atoms with Gasteiger partial charge in [-0.25, -0.2) is 9.59 Å². The van der Waals surface area contributed by atoms with E-state index in [2.05, 4.69) is 0 Å². The van der Waals surface area contributed by atoms with Crippen molar-refractivity contribution in [3.8, 4) is 0 Å². The van der Waals surface area contributed by atoms with E-state index in [1.54, 1.807) is 24.3 Å². The van der Waals surface area contributed by atoms with Gasteiger partial charge in [0.25, 0.3) is 0 Å². The number of ether oxygens (including phenoxy) is 4. The van der Waals surface area contributed by atoms with Crippen LogP contribution in [0.2, 0.25) is 0 Å². The maximum atomic E-state index is 13.1. The third-order valence-corrected chi connectivity index (χ3v) is 7.42. The summed E-state index contributed by atoms with van der Waals surface area (Å²) in [5.41, 5.74) is 3.00. The molecule has 7 nitrogen and oxygen atoms in total. The first kappa shape index (κ1) is 27.4. The molecule has 0 N–H and O–H groups in total. The van der Waals surface area contributed by atoms with Crippen LogP contribution in [0.25, 0.3) is 0 Å². The Morgan fingerprint density at radius 2 is 1.32 bits per heavy atom. The van der Waals surface area contributed by atoms with E-state index in [1.807, 2.05) is 68.4 Å². The molecule has 3 aromatic rings. The standard InChI is InChI=1S/C30H30O7S/c1-19-9-13-23(14-10-19)28(32)35-18-25-26(37-29(33)24-15-11-20(2)12-16-24)27(30(38-25)36-21(3)31)34-17-22-7-5-4-6-8-22/h4-16,25-27,30H,17-18H2,1-3H3/t25-,26-,27-,30?/m1/s1. The van der Waals surface area contributed by atoms with Crippen molar-refractivity contribution in [2.75, 3.05) is 6.61 Å². The molecule has 0 radical (unpaired) electrons. The van der Waals surface area contributed by atoms with E-state index in [0.717, 1.165) is 16.7 Å². The zero-order valence-corrected chi connectivity index (χ0v) is 22.3. The van der Waals surface area contributed by atoms with Crippen LogP contribution < -0.4 is 0 Å². The number of benzene rings is 3. The van der Waals surface area contributed by atoms with E-state index >= 15 is 0 Å². The first-order chi connectivity index (χ1) is 18.3. The summed E-state index contributed by atoms with van der Waals surface area (Å²) in [4.78, 5) is 37.7. The van der Waals surface area contributed by atoms with Crippen molar-refractivity contribution in [3.05, 3.63) is 107 Å². The highest BCUT2D eigenvalue weighted by Crippen LogP contribution is 2.40. The van der Waals surface area contributed by atoms with E-state index in [-0.39, 0.29) is 13.2 Å². The maximum absolute atomic E-state index is 13.1. The molecule has 8 heteroatoms. The van der Waals surface area contributed by atoms with E-state index in [4.69, 9.17) is 18.9 Å². The lowest BCUT2D eigenvalue weighted by molar-refractivity contribution is -0.152. The molecular formula is C30H30O7S. The van der Waals surface area contributed by atoms with Crippen molar-refractivity contribution >= 4 is 29.7 Å². The predicted molar refractivity (Wildman–Crippen MR) is 144 cm³/mol. The van der Waals surface area contributed by atoms with E-state index < -0.39 is 40.8 Å². The molecule has 3 aromatic carbocycles. The fraction of sp³-hybridized carbons (Fsp3) is 0.300. The Labute approximate surface area is 226 Å². The van der Waals surface area contributed by atoms with Crippen LogP contribution in [0.3, 0.4) is 0 Å². The Kier molecular flexibility index (Phi) is 9.20. The van der Waals surface area contributed by atoms with Crippen LogP contribution in [0.15, 0.2) is 78.9 Å². The van der Waals surface area contributed by atoms with Gasteiger partial charge in [-0.3, -0.25) is 4.79 Å². The molecule has 0 bridgehead atoms. The summed E-state index contributed by atoms with van der Waals surface area (Å²) in [6, 6.07) is 23.6. The van der Waals surface area contributed by atoms with Crippen LogP contribution in [0, 0.1) is 13.8 Å². The van der Waals surface area contributed by atoms with Gasteiger partial charge in [-0.15, -0.1) is 11.8 Å². The fourth-order valence-electron chi connectivity index (χ4n) is 3.98. The lowest BCUT2D eigenvalue weighted by atomic mass is 10.1. The highest BCUT2D eigenvalue weighted by atomic mass is 32.2. The third-order valence-electron chi connectivity index (χ3n) is 6.03. The Morgan fingerprint density at radius 3 is 1.89 bits per heavy atom. The van der Waals surface area contributed by atoms with Crippen LogP contribution in [-0.4, -0.2) is 47.4 Å². The molecule has 38 heavy (non-hydrogen) atoms. The minimum atomic E-state index is -0.840.